The van der Waals surface area contributed by atoms with Gasteiger partial charge in [0.15, 0.2) is 11.5 Å². The van der Waals surface area contributed by atoms with Gasteiger partial charge in [-0.25, -0.2) is 15.3 Å². The van der Waals surface area contributed by atoms with Crippen molar-refractivity contribution in [1.82, 2.24) is 4.98 Å². The molecule has 9 nitrogen and oxygen atoms in total. The first-order valence-electron chi connectivity index (χ1n) is 7.80. The molecule has 0 aliphatic carbocycles. The Morgan fingerprint density at radius 1 is 1.25 bits per heavy atom. The Kier molecular flexibility index (Phi) is 5.22. The highest BCUT2D eigenvalue weighted by atomic mass is 19.4. The summed E-state index contributed by atoms with van der Waals surface area (Å²) in [5.74, 6) is 1.25. The zero-order valence-corrected chi connectivity index (χ0v) is 14.5. The first-order chi connectivity index (χ1) is 13.3. The summed E-state index contributed by atoms with van der Waals surface area (Å²) in [7, 11) is 1.47. The number of hydrogen-bond donors (Lipinski definition) is 3. The van der Waals surface area contributed by atoms with Crippen molar-refractivity contribution in [2.75, 3.05) is 13.9 Å². The maximum absolute atomic E-state index is 12.5. The fourth-order valence-electron chi connectivity index (χ4n) is 2.31. The van der Waals surface area contributed by atoms with E-state index in [-0.39, 0.29) is 24.5 Å². The number of benzene rings is 1. The first kappa shape index (κ1) is 19.2. The predicted molar refractivity (Wildman–Crippen MR) is 92.8 cm³/mol. The molecule has 0 radical (unpaired) electrons. The molecular weight excluding hydrogens is 381 g/mol. The number of nitrogens with two attached hydrogens (primary N) is 3. The molecule has 148 valence electrons. The molecule has 0 saturated carbocycles. The Balaban J connectivity index is 1.74. The van der Waals surface area contributed by atoms with E-state index in [2.05, 4.69) is 15.0 Å². The average molecular weight is 397 g/mol. The van der Waals surface area contributed by atoms with Crippen molar-refractivity contribution in [1.29, 1.82) is 0 Å². The second kappa shape index (κ2) is 7.60. The zero-order chi connectivity index (χ0) is 20.3. The van der Waals surface area contributed by atoms with Crippen LogP contribution in [0.2, 0.25) is 0 Å². The average Bonchev–Trinajstić information content (AvgIpc) is 3.09. The van der Waals surface area contributed by atoms with Crippen LogP contribution in [-0.2, 0) is 6.18 Å². The van der Waals surface area contributed by atoms with Gasteiger partial charge in [0.25, 0.3) is 0 Å². The number of methoxy groups -OCH3 is 1. The minimum Gasteiger partial charge on any atom is -0.493 e. The maximum atomic E-state index is 12.5. The van der Waals surface area contributed by atoms with E-state index < -0.39 is 11.7 Å². The van der Waals surface area contributed by atoms with Crippen molar-refractivity contribution >= 4 is 23.4 Å². The normalized spacial score (nSPS) is 14.3. The number of rotatable bonds is 3. The summed E-state index contributed by atoms with van der Waals surface area (Å²) in [5, 5.41) is 1.27. The summed E-state index contributed by atoms with van der Waals surface area (Å²) in [4.78, 5) is 11.6. The minimum atomic E-state index is -4.46. The van der Waals surface area contributed by atoms with E-state index in [1.807, 2.05) is 0 Å². The molecule has 3 rings (SSSR count). The molecule has 0 bridgehead atoms. The molecule has 2 heterocycles. The second-order valence-corrected chi connectivity index (χ2v) is 5.50. The highest BCUT2D eigenvalue weighted by molar-refractivity contribution is 5.91. The predicted octanol–water partition coefficient (Wildman–Crippen LogP) is 0.994. The van der Waals surface area contributed by atoms with Crippen LogP contribution in [0, 0.1) is 0 Å². The van der Waals surface area contributed by atoms with Gasteiger partial charge in [0, 0.05) is 24.4 Å². The van der Waals surface area contributed by atoms with Gasteiger partial charge in [-0.1, -0.05) is 0 Å². The van der Waals surface area contributed by atoms with Crippen molar-refractivity contribution in [3.05, 3.63) is 36.0 Å². The molecule has 1 aromatic heterocycles. The second-order valence-electron chi connectivity index (χ2n) is 5.50. The highest BCUT2D eigenvalue weighted by Crippen LogP contribution is 2.44. The molecule has 0 unspecified atom stereocenters. The van der Waals surface area contributed by atoms with E-state index in [1.54, 1.807) is 12.1 Å². The number of alkyl halides is 3. The molecule has 0 spiro atoms. The molecule has 0 atom stereocenters. The SMILES string of the molecule is COc1cc(N=C(N)N=C(N)[NH2+]c2ccc(C(F)(F)F)cn2)cc2c1OCO2. The van der Waals surface area contributed by atoms with Crippen LogP contribution in [0.3, 0.4) is 0 Å². The third kappa shape index (κ3) is 4.40. The topological polar surface area (TPSA) is 134 Å². The third-order valence-electron chi connectivity index (χ3n) is 3.54. The first-order valence-corrected chi connectivity index (χ1v) is 7.80. The molecule has 0 fully saturated rings. The van der Waals surface area contributed by atoms with Crippen molar-refractivity contribution < 1.29 is 32.7 Å². The van der Waals surface area contributed by atoms with Gasteiger partial charge in [-0.3, -0.25) is 0 Å². The number of ether oxygens (including phenoxy) is 3. The van der Waals surface area contributed by atoms with E-state index in [4.69, 9.17) is 25.7 Å². The van der Waals surface area contributed by atoms with Crippen LogP contribution < -0.4 is 31.0 Å². The van der Waals surface area contributed by atoms with Crippen molar-refractivity contribution in [2.45, 2.75) is 6.18 Å². The minimum absolute atomic E-state index is 0.0640. The highest BCUT2D eigenvalue weighted by Gasteiger charge is 2.31. The van der Waals surface area contributed by atoms with Crippen molar-refractivity contribution in [3.8, 4) is 17.2 Å². The molecule has 2 aromatic rings. The van der Waals surface area contributed by atoms with Gasteiger partial charge in [-0.05, 0) is 6.07 Å². The number of quaternary nitrogens is 1. The van der Waals surface area contributed by atoms with E-state index in [1.165, 1.54) is 18.5 Å². The molecule has 1 aliphatic rings. The van der Waals surface area contributed by atoms with Gasteiger partial charge < -0.3 is 25.7 Å². The van der Waals surface area contributed by atoms with Crippen LogP contribution >= 0.6 is 0 Å². The van der Waals surface area contributed by atoms with Gasteiger partial charge >= 0.3 is 12.1 Å². The van der Waals surface area contributed by atoms with Gasteiger partial charge in [-0.15, -0.1) is 4.99 Å². The quantitative estimate of drug-likeness (QED) is 0.522. The largest absolute Gasteiger partial charge is 0.493 e. The smallest absolute Gasteiger partial charge is 0.417 e. The van der Waals surface area contributed by atoms with Crippen molar-refractivity contribution in [3.63, 3.8) is 0 Å². The standard InChI is InChI=1S/C16H15F3N6O3/c1-26-10-4-9(5-11-13(10)28-7-27-11)23-14(20)25-15(21)24-12-3-2-8(6-22-12)16(17,18)19/h2-6H,7H2,1H3,(H5,20,21,22,23,24,25)/p+1. The Morgan fingerprint density at radius 2 is 2.04 bits per heavy atom. The number of guanidine groups is 2. The van der Waals surface area contributed by atoms with E-state index in [0.717, 1.165) is 6.07 Å². The van der Waals surface area contributed by atoms with Crippen LogP contribution in [0.15, 0.2) is 40.4 Å². The summed E-state index contributed by atoms with van der Waals surface area (Å²) in [5.41, 5.74) is 11.0. The number of pyridine rings is 1. The van der Waals surface area contributed by atoms with Crippen LogP contribution in [0.25, 0.3) is 0 Å². The van der Waals surface area contributed by atoms with E-state index in [0.29, 0.717) is 29.1 Å². The maximum Gasteiger partial charge on any atom is 0.417 e. The zero-order valence-electron chi connectivity index (χ0n) is 14.5. The summed E-state index contributed by atoms with van der Waals surface area (Å²) in [6, 6.07) is 5.22. The number of hydrogen-bond acceptors (Lipinski definition) is 5. The van der Waals surface area contributed by atoms with Crippen LogP contribution in [-0.4, -0.2) is 30.8 Å². The van der Waals surface area contributed by atoms with Crippen molar-refractivity contribution in [2.24, 2.45) is 21.5 Å². The summed E-state index contributed by atoms with van der Waals surface area (Å²) in [6.07, 6.45) is -3.76. The number of fused-ring (bicyclic) bond motifs is 1. The van der Waals surface area contributed by atoms with Gasteiger partial charge in [0.1, 0.15) is 0 Å². The number of aliphatic imine (C=N–C) groups is 2. The van der Waals surface area contributed by atoms with Gasteiger partial charge in [0.2, 0.25) is 24.3 Å². The van der Waals surface area contributed by atoms with Gasteiger partial charge in [-0.2, -0.15) is 13.2 Å². The molecule has 1 aromatic carbocycles. The molecule has 0 amide bonds. The molecule has 28 heavy (non-hydrogen) atoms. The lowest BCUT2D eigenvalue weighted by Crippen LogP contribution is -2.85. The molecule has 12 heteroatoms. The Hall–Kier alpha value is -3.54. The summed E-state index contributed by atoms with van der Waals surface area (Å²) >= 11 is 0. The third-order valence-corrected chi connectivity index (χ3v) is 3.54. The fraction of sp³-hybridized carbons (Fsp3) is 0.188. The van der Waals surface area contributed by atoms with Gasteiger partial charge in [0.05, 0.1) is 18.4 Å². The monoisotopic (exact) mass is 397 g/mol. The lowest BCUT2D eigenvalue weighted by Gasteiger charge is -2.06. The Bertz CT molecular complexity index is 928. The van der Waals surface area contributed by atoms with E-state index >= 15 is 0 Å². The number of halogens is 3. The molecule has 0 saturated heterocycles. The molecule has 6 N–H and O–H groups in total. The molecular formula is C16H16F3N6O3+. The number of aromatic nitrogens is 1. The Morgan fingerprint density at radius 3 is 2.68 bits per heavy atom. The number of nitrogens with zero attached hydrogens (tertiary/aromatic N) is 3. The lowest BCUT2D eigenvalue weighted by atomic mass is 10.2. The summed E-state index contributed by atoms with van der Waals surface area (Å²) < 4.78 is 53.4. The van der Waals surface area contributed by atoms with Crippen LogP contribution in [0.1, 0.15) is 5.56 Å². The Labute approximate surface area is 156 Å². The molecule has 1 aliphatic heterocycles. The van der Waals surface area contributed by atoms with E-state index in [9.17, 15) is 13.2 Å². The summed E-state index contributed by atoms with van der Waals surface area (Å²) in [6.45, 7) is 0.0640. The lowest BCUT2D eigenvalue weighted by molar-refractivity contribution is -0.450. The van der Waals surface area contributed by atoms with Crippen LogP contribution in [0.5, 0.6) is 17.2 Å². The fourth-order valence-corrected chi connectivity index (χ4v) is 2.31. The van der Waals surface area contributed by atoms with Crippen LogP contribution in [0.4, 0.5) is 24.7 Å².